The van der Waals surface area contributed by atoms with Crippen molar-refractivity contribution in [2.45, 2.75) is 33.2 Å². The van der Waals surface area contributed by atoms with Crippen LogP contribution in [0.2, 0.25) is 0 Å². The molecule has 2 nitrogen and oxygen atoms in total. The number of hydrogen-bond donors (Lipinski definition) is 1. The molecule has 2 heteroatoms. The van der Waals surface area contributed by atoms with Crippen LogP contribution in [0.25, 0.3) is 0 Å². The maximum Gasteiger partial charge on any atom is 0.0167 e. The van der Waals surface area contributed by atoms with Crippen molar-refractivity contribution in [3.63, 3.8) is 0 Å². The first-order chi connectivity index (χ1) is 5.68. The highest BCUT2D eigenvalue weighted by atomic mass is 15.2. The third kappa shape index (κ3) is 3.55. The Bertz CT molecular complexity index is 123. The SMILES string of the molecule is CC(C)CCN1CCNC(C)C1. The molecule has 0 amide bonds. The molecule has 0 saturated carbocycles. The zero-order valence-electron chi connectivity index (χ0n) is 8.64. The van der Waals surface area contributed by atoms with E-state index in [1.165, 1.54) is 32.6 Å². The minimum Gasteiger partial charge on any atom is -0.312 e. The maximum absolute atomic E-state index is 3.46. The van der Waals surface area contributed by atoms with Crippen LogP contribution in [-0.4, -0.2) is 37.1 Å². The molecule has 12 heavy (non-hydrogen) atoms. The molecule has 1 heterocycles. The number of nitrogens with zero attached hydrogens (tertiary/aromatic N) is 1. The molecule has 1 aliphatic rings. The van der Waals surface area contributed by atoms with Gasteiger partial charge in [-0.15, -0.1) is 0 Å². The molecule has 0 aromatic rings. The quantitative estimate of drug-likeness (QED) is 0.687. The Kier molecular flexibility index (Phi) is 4.02. The molecule has 0 radical (unpaired) electrons. The van der Waals surface area contributed by atoms with Crippen molar-refractivity contribution in [2.75, 3.05) is 26.2 Å². The molecule has 0 aromatic carbocycles. The largest absolute Gasteiger partial charge is 0.312 e. The molecule has 0 spiro atoms. The molecular formula is C10H22N2. The van der Waals surface area contributed by atoms with E-state index < -0.39 is 0 Å². The van der Waals surface area contributed by atoms with Gasteiger partial charge in [0.25, 0.3) is 0 Å². The first-order valence-electron chi connectivity index (χ1n) is 5.14. The molecule has 1 aliphatic heterocycles. The predicted molar refractivity (Wildman–Crippen MR) is 53.4 cm³/mol. The van der Waals surface area contributed by atoms with Gasteiger partial charge in [0.05, 0.1) is 0 Å². The zero-order valence-corrected chi connectivity index (χ0v) is 8.64. The Labute approximate surface area is 76.3 Å². The molecule has 1 rings (SSSR count). The molecule has 72 valence electrons. The fourth-order valence-corrected chi connectivity index (χ4v) is 1.66. The lowest BCUT2D eigenvalue weighted by molar-refractivity contribution is 0.197. The Balaban J connectivity index is 2.14. The van der Waals surface area contributed by atoms with Gasteiger partial charge in [0, 0.05) is 25.7 Å². The maximum atomic E-state index is 3.46. The number of rotatable bonds is 3. The lowest BCUT2D eigenvalue weighted by Gasteiger charge is -2.32. The fourth-order valence-electron chi connectivity index (χ4n) is 1.66. The summed E-state index contributed by atoms with van der Waals surface area (Å²) in [5, 5.41) is 3.46. The summed E-state index contributed by atoms with van der Waals surface area (Å²) in [4.78, 5) is 2.57. The second-order valence-corrected chi connectivity index (χ2v) is 4.34. The van der Waals surface area contributed by atoms with Gasteiger partial charge < -0.3 is 10.2 Å². The summed E-state index contributed by atoms with van der Waals surface area (Å²) in [6.07, 6.45) is 1.34. The smallest absolute Gasteiger partial charge is 0.0167 e. The minimum atomic E-state index is 0.686. The zero-order chi connectivity index (χ0) is 8.97. The van der Waals surface area contributed by atoms with Gasteiger partial charge in [-0.1, -0.05) is 13.8 Å². The molecule has 1 unspecified atom stereocenters. The lowest BCUT2D eigenvalue weighted by atomic mass is 10.1. The summed E-state index contributed by atoms with van der Waals surface area (Å²) in [7, 11) is 0. The molecule has 1 N–H and O–H groups in total. The Morgan fingerprint density at radius 1 is 1.50 bits per heavy atom. The van der Waals surface area contributed by atoms with Crippen molar-refractivity contribution in [3.05, 3.63) is 0 Å². The van der Waals surface area contributed by atoms with Gasteiger partial charge in [-0.25, -0.2) is 0 Å². The predicted octanol–water partition coefficient (Wildman–Crippen LogP) is 1.33. The molecule has 0 aromatic heterocycles. The number of nitrogens with one attached hydrogen (secondary N) is 1. The van der Waals surface area contributed by atoms with Gasteiger partial charge in [-0.05, 0) is 25.8 Å². The van der Waals surface area contributed by atoms with Crippen LogP contribution in [0.5, 0.6) is 0 Å². The fraction of sp³-hybridized carbons (Fsp3) is 1.00. The van der Waals surface area contributed by atoms with E-state index in [1.54, 1.807) is 0 Å². The van der Waals surface area contributed by atoms with Crippen molar-refractivity contribution in [2.24, 2.45) is 5.92 Å². The first kappa shape index (κ1) is 10.0. The van der Waals surface area contributed by atoms with E-state index in [-0.39, 0.29) is 0 Å². The molecule has 1 atom stereocenters. The van der Waals surface area contributed by atoms with Crippen molar-refractivity contribution in [1.29, 1.82) is 0 Å². The van der Waals surface area contributed by atoms with Crippen LogP contribution >= 0.6 is 0 Å². The topological polar surface area (TPSA) is 15.3 Å². The van der Waals surface area contributed by atoms with Gasteiger partial charge in [0.15, 0.2) is 0 Å². The van der Waals surface area contributed by atoms with Gasteiger partial charge in [-0.3, -0.25) is 0 Å². The van der Waals surface area contributed by atoms with E-state index >= 15 is 0 Å². The number of hydrogen-bond acceptors (Lipinski definition) is 2. The minimum absolute atomic E-state index is 0.686. The van der Waals surface area contributed by atoms with Crippen LogP contribution in [0.3, 0.4) is 0 Å². The van der Waals surface area contributed by atoms with E-state index in [0.717, 1.165) is 5.92 Å². The molecule has 0 bridgehead atoms. The van der Waals surface area contributed by atoms with E-state index in [4.69, 9.17) is 0 Å². The summed E-state index contributed by atoms with van der Waals surface area (Å²) in [5.41, 5.74) is 0. The van der Waals surface area contributed by atoms with E-state index in [1.807, 2.05) is 0 Å². The van der Waals surface area contributed by atoms with Crippen LogP contribution in [0, 0.1) is 5.92 Å². The molecule has 1 saturated heterocycles. The second kappa shape index (κ2) is 4.83. The summed E-state index contributed by atoms with van der Waals surface area (Å²) in [6, 6.07) is 0.686. The van der Waals surface area contributed by atoms with E-state index in [9.17, 15) is 0 Å². The van der Waals surface area contributed by atoms with Crippen LogP contribution in [0.4, 0.5) is 0 Å². The summed E-state index contributed by atoms with van der Waals surface area (Å²) >= 11 is 0. The van der Waals surface area contributed by atoms with Gasteiger partial charge in [0.1, 0.15) is 0 Å². The Morgan fingerprint density at radius 3 is 2.83 bits per heavy atom. The van der Waals surface area contributed by atoms with Crippen LogP contribution in [0.15, 0.2) is 0 Å². The molecular weight excluding hydrogens is 148 g/mol. The highest BCUT2D eigenvalue weighted by molar-refractivity contribution is 4.74. The second-order valence-electron chi connectivity index (χ2n) is 4.34. The average molecular weight is 170 g/mol. The van der Waals surface area contributed by atoms with Crippen molar-refractivity contribution < 1.29 is 0 Å². The molecule has 0 aliphatic carbocycles. The monoisotopic (exact) mass is 170 g/mol. The summed E-state index contributed by atoms with van der Waals surface area (Å²) in [5.74, 6) is 0.843. The standard InChI is InChI=1S/C10H22N2/c1-9(2)4-6-12-7-5-11-10(3)8-12/h9-11H,4-8H2,1-3H3. The highest BCUT2D eigenvalue weighted by Crippen LogP contribution is 2.04. The van der Waals surface area contributed by atoms with E-state index in [0.29, 0.717) is 6.04 Å². The summed E-state index contributed by atoms with van der Waals surface area (Å²) < 4.78 is 0. The van der Waals surface area contributed by atoms with Gasteiger partial charge in [0.2, 0.25) is 0 Å². The normalized spacial score (nSPS) is 26.5. The van der Waals surface area contributed by atoms with Crippen LogP contribution in [-0.2, 0) is 0 Å². The third-order valence-corrected chi connectivity index (χ3v) is 2.48. The summed E-state index contributed by atoms with van der Waals surface area (Å²) in [6.45, 7) is 11.8. The first-order valence-corrected chi connectivity index (χ1v) is 5.14. The Morgan fingerprint density at radius 2 is 2.25 bits per heavy atom. The Hall–Kier alpha value is -0.0800. The van der Waals surface area contributed by atoms with Crippen molar-refractivity contribution in [1.82, 2.24) is 10.2 Å². The lowest BCUT2D eigenvalue weighted by Crippen LogP contribution is -2.49. The average Bonchev–Trinajstić information content (AvgIpc) is 2.01. The van der Waals surface area contributed by atoms with Crippen LogP contribution in [0.1, 0.15) is 27.2 Å². The number of piperazine rings is 1. The van der Waals surface area contributed by atoms with Crippen LogP contribution < -0.4 is 5.32 Å². The highest BCUT2D eigenvalue weighted by Gasteiger charge is 2.14. The third-order valence-electron chi connectivity index (χ3n) is 2.48. The van der Waals surface area contributed by atoms with Gasteiger partial charge in [-0.2, -0.15) is 0 Å². The molecule has 1 fully saturated rings. The van der Waals surface area contributed by atoms with Crippen molar-refractivity contribution >= 4 is 0 Å². The van der Waals surface area contributed by atoms with Crippen molar-refractivity contribution in [3.8, 4) is 0 Å². The van der Waals surface area contributed by atoms with Gasteiger partial charge >= 0.3 is 0 Å². The van der Waals surface area contributed by atoms with E-state index in [2.05, 4.69) is 31.0 Å².